The molecule has 1 aliphatic heterocycles. The number of ether oxygens (including phenoxy) is 1. The van der Waals surface area contributed by atoms with Crippen LogP contribution in [-0.2, 0) is 33.2 Å². The van der Waals surface area contributed by atoms with Gasteiger partial charge in [-0.3, -0.25) is 14.3 Å². The lowest BCUT2D eigenvalue weighted by Crippen LogP contribution is -2.15. The normalized spacial score (nSPS) is 18.9. The van der Waals surface area contributed by atoms with Crippen molar-refractivity contribution in [2.45, 2.75) is 19.3 Å². The van der Waals surface area contributed by atoms with E-state index < -0.39 is 31.2 Å². The Morgan fingerprint density at radius 3 is 2.93 bits per heavy atom. The van der Waals surface area contributed by atoms with E-state index in [1.165, 1.54) is 10.9 Å². The highest BCUT2D eigenvalue weighted by Gasteiger charge is 2.36. The molecule has 0 saturated carbocycles. The van der Waals surface area contributed by atoms with E-state index in [1.54, 1.807) is 0 Å². The molecule has 0 radical (unpaired) electrons. The van der Waals surface area contributed by atoms with E-state index in [0.29, 0.717) is 0 Å². The van der Waals surface area contributed by atoms with Crippen LogP contribution in [0.15, 0.2) is 29.3 Å². The van der Waals surface area contributed by atoms with Crippen molar-refractivity contribution in [3.05, 3.63) is 46.0 Å². The van der Waals surface area contributed by atoms with Crippen molar-refractivity contribution in [1.82, 2.24) is 19.5 Å². The van der Waals surface area contributed by atoms with Gasteiger partial charge in [0.2, 0.25) is 5.95 Å². The predicted octanol–water partition coefficient (Wildman–Crippen LogP) is 2.50. The first-order valence-corrected chi connectivity index (χ1v) is 10.3. The van der Waals surface area contributed by atoms with Crippen molar-refractivity contribution < 1.29 is 31.5 Å². The molecule has 3 heterocycles. The fourth-order valence-electron chi connectivity index (χ4n) is 2.84. The Labute approximate surface area is 166 Å². The molecule has 0 saturated heterocycles. The topological polar surface area (TPSA) is 134 Å². The molecular formula is C16H15F3N5O5P. The number of benzene rings is 1. The zero-order chi connectivity index (χ0) is 21.5. The molecule has 30 heavy (non-hydrogen) atoms. The van der Waals surface area contributed by atoms with Crippen LogP contribution in [0.4, 0.5) is 19.1 Å². The Morgan fingerprint density at radius 2 is 2.17 bits per heavy atom. The Morgan fingerprint density at radius 1 is 1.37 bits per heavy atom. The Kier molecular flexibility index (Phi) is 5.04. The number of hydrogen-bond donors (Lipinski definition) is 2. The number of aromatic amines is 1. The van der Waals surface area contributed by atoms with E-state index in [4.69, 9.17) is 19.5 Å². The van der Waals surface area contributed by atoms with Gasteiger partial charge >= 0.3 is 13.8 Å². The molecule has 160 valence electrons. The smallest absolute Gasteiger partial charge is 0.416 e. The third-order valence-electron chi connectivity index (χ3n) is 4.26. The number of halogens is 3. The summed E-state index contributed by atoms with van der Waals surface area (Å²) in [5.41, 5.74) is 4.74. The number of nitrogen functional groups attached to an aromatic ring is 1. The number of imidazole rings is 1. The quantitative estimate of drug-likeness (QED) is 0.452. The molecule has 1 atom stereocenters. The summed E-state index contributed by atoms with van der Waals surface area (Å²) in [6, 6.07) is 2.85. The summed E-state index contributed by atoms with van der Waals surface area (Å²) in [5.74, 6) is -0.00311. The predicted molar refractivity (Wildman–Crippen MR) is 97.8 cm³/mol. The van der Waals surface area contributed by atoms with Gasteiger partial charge in [-0.1, -0.05) is 0 Å². The van der Waals surface area contributed by atoms with Crippen LogP contribution in [-0.4, -0.2) is 32.5 Å². The van der Waals surface area contributed by atoms with Gasteiger partial charge in [-0.2, -0.15) is 18.2 Å². The second-order valence-corrected chi connectivity index (χ2v) is 8.32. The van der Waals surface area contributed by atoms with Gasteiger partial charge in [0, 0.05) is 12.1 Å². The average Bonchev–Trinajstić information content (AvgIpc) is 3.07. The maximum absolute atomic E-state index is 12.8. The SMILES string of the molecule is Nc1nc2c(ncn2CCOCP2(=O)OCc3cc(C(F)(F)F)ccc3O2)c(=O)[nH]1. The van der Waals surface area contributed by atoms with Crippen LogP contribution in [0.1, 0.15) is 11.1 Å². The second kappa shape index (κ2) is 7.42. The largest absolute Gasteiger partial charge is 0.422 e. The molecule has 0 spiro atoms. The zero-order valence-electron chi connectivity index (χ0n) is 15.2. The first kappa shape index (κ1) is 20.4. The number of nitrogens with zero attached hydrogens (tertiary/aromatic N) is 3. The van der Waals surface area contributed by atoms with E-state index in [-0.39, 0.29) is 48.2 Å². The van der Waals surface area contributed by atoms with Gasteiger partial charge in [0.1, 0.15) is 5.75 Å². The molecule has 1 aliphatic rings. The highest BCUT2D eigenvalue weighted by atomic mass is 31.2. The highest BCUT2D eigenvalue weighted by Crippen LogP contribution is 2.53. The van der Waals surface area contributed by atoms with Crippen molar-refractivity contribution in [3.63, 3.8) is 0 Å². The average molecular weight is 445 g/mol. The number of anilines is 1. The fraction of sp³-hybridized carbons (Fsp3) is 0.312. The molecular weight excluding hydrogens is 430 g/mol. The molecule has 2 aromatic heterocycles. The molecule has 1 unspecified atom stereocenters. The van der Waals surface area contributed by atoms with Crippen molar-refractivity contribution in [2.75, 3.05) is 18.7 Å². The first-order valence-electron chi connectivity index (χ1n) is 8.56. The molecule has 1 aromatic carbocycles. The molecule has 14 heteroatoms. The van der Waals surface area contributed by atoms with Crippen LogP contribution in [0.5, 0.6) is 5.75 Å². The number of rotatable bonds is 5. The second-order valence-electron chi connectivity index (χ2n) is 6.39. The van der Waals surface area contributed by atoms with Crippen LogP contribution < -0.4 is 15.8 Å². The summed E-state index contributed by atoms with van der Waals surface area (Å²) >= 11 is 0. The first-order chi connectivity index (χ1) is 14.1. The van der Waals surface area contributed by atoms with Gasteiger partial charge in [0.05, 0.1) is 25.1 Å². The number of nitrogens with one attached hydrogen (secondary N) is 1. The van der Waals surface area contributed by atoms with Crippen molar-refractivity contribution in [1.29, 1.82) is 0 Å². The van der Waals surface area contributed by atoms with Gasteiger partial charge < -0.3 is 19.6 Å². The molecule has 0 bridgehead atoms. The van der Waals surface area contributed by atoms with Gasteiger partial charge in [-0.15, -0.1) is 0 Å². The fourth-order valence-corrected chi connectivity index (χ4v) is 4.19. The minimum Gasteiger partial charge on any atom is -0.422 e. The zero-order valence-corrected chi connectivity index (χ0v) is 16.1. The van der Waals surface area contributed by atoms with Crippen molar-refractivity contribution in [2.24, 2.45) is 0 Å². The van der Waals surface area contributed by atoms with E-state index in [2.05, 4.69) is 15.0 Å². The lowest BCUT2D eigenvalue weighted by atomic mass is 10.1. The standard InChI is InChI=1S/C16H15F3N5O5P/c17-16(18,19)10-1-2-11-9(5-10)6-28-30(26,29-11)8-27-4-3-24-7-21-12-13(24)22-15(20)23-14(12)25/h1-2,5,7H,3-4,6,8H2,(H3,20,22,23,25). The molecule has 4 rings (SSSR count). The van der Waals surface area contributed by atoms with E-state index >= 15 is 0 Å². The number of alkyl halides is 3. The minimum atomic E-state index is -4.50. The summed E-state index contributed by atoms with van der Waals surface area (Å²) in [7, 11) is -3.69. The number of aromatic nitrogens is 4. The molecule has 0 fully saturated rings. The highest BCUT2D eigenvalue weighted by molar-refractivity contribution is 7.54. The lowest BCUT2D eigenvalue weighted by Gasteiger charge is -2.26. The van der Waals surface area contributed by atoms with E-state index in [9.17, 15) is 22.5 Å². The lowest BCUT2D eigenvalue weighted by molar-refractivity contribution is -0.137. The Balaban J connectivity index is 1.37. The summed E-state index contributed by atoms with van der Waals surface area (Å²) in [6.07, 6.45) is -3.52. The van der Waals surface area contributed by atoms with E-state index in [0.717, 1.165) is 18.2 Å². The van der Waals surface area contributed by atoms with Crippen LogP contribution in [0.2, 0.25) is 0 Å². The summed E-state index contributed by atoms with van der Waals surface area (Å²) in [4.78, 5) is 22.0. The molecule has 0 amide bonds. The maximum atomic E-state index is 12.8. The molecule has 3 N–H and O–H groups in total. The Bertz CT molecular complexity index is 1210. The number of nitrogens with two attached hydrogens (primary N) is 1. The van der Waals surface area contributed by atoms with Crippen LogP contribution in [0.25, 0.3) is 11.2 Å². The molecule has 0 aliphatic carbocycles. The van der Waals surface area contributed by atoms with Crippen molar-refractivity contribution in [3.8, 4) is 5.75 Å². The van der Waals surface area contributed by atoms with Gasteiger partial charge in [0.25, 0.3) is 5.56 Å². The molecule has 10 nitrogen and oxygen atoms in total. The summed E-state index contributed by atoms with van der Waals surface area (Å²) in [5, 5.41) is 0. The number of fused-ring (bicyclic) bond motifs is 2. The minimum absolute atomic E-state index is 0.0520. The van der Waals surface area contributed by atoms with Crippen LogP contribution in [0, 0.1) is 0 Å². The third-order valence-corrected chi connectivity index (χ3v) is 5.76. The molecule has 3 aromatic rings. The Hall–Kier alpha value is -2.89. The number of hydrogen-bond acceptors (Lipinski definition) is 8. The summed E-state index contributed by atoms with van der Waals surface area (Å²) in [6.45, 7) is -0.0215. The van der Waals surface area contributed by atoms with Gasteiger partial charge in [0.15, 0.2) is 17.5 Å². The maximum Gasteiger partial charge on any atom is 0.416 e. The van der Waals surface area contributed by atoms with Gasteiger partial charge in [-0.25, -0.2) is 9.55 Å². The van der Waals surface area contributed by atoms with E-state index in [1.807, 2.05) is 0 Å². The third kappa shape index (κ3) is 4.04. The number of H-pyrrole nitrogens is 1. The van der Waals surface area contributed by atoms with Gasteiger partial charge in [-0.05, 0) is 18.2 Å². The van der Waals surface area contributed by atoms with Crippen molar-refractivity contribution >= 4 is 24.7 Å². The summed E-state index contributed by atoms with van der Waals surface area (Å²) < 4.78 is 68.3. The van der Waals surface area contributed by atoms with Crippen LogP contribution >= 0.6 is 7.60 Å². The van der Waals surface area contributed by atoms with Crippen LogP contribution in [0.3, 0.4) is 0 Å². The monoisotopic (exact) mass is 445 g/mol.